The van der Waals surface area contributed by atoms with Crippen LogP contribution in [0.5, 0.6) is 0 Å². The zero-order valence-corrected chi connectivity index (χ0v) is 13.0. The smallest absolute Gasteiger partial charge is 0.341 e. The highest BCUT2D eigenvalue weighted by Crippen LogP contribution is 2.20. The molecule has 0 saturated carbocycles. The van der Waals surface area contributed by atoms with Crippen molar-refractivity contribution < 1.29 is 9.90 Å². The van der Waals surface area contributed by atoms with Crippen LogP contribution in [0.1, 0.15) is 10.4 Å². The van der Waals surface area contributed by atoms with E-state index in [0.717, 1.165) is 31.9 Å². The summed E-state index contributed by atoms with van der Waals surface area (Å²) in [4.78, 5) is 30.5. The van der Waals surface area contributed by atoms with Gasteiger partial charge in [-0.15, -0.1) is 12.4 Å². The van der Waals surface area contributed by atoms with Gasteiger partial charge in [0.2, 0.25) is 5.43 Å². The van der Waals surface area contributed by atoms with Crippen LogP contribution >= 0.6 is 12.4 Å². The molecule has 0 radical (unpaired) electrons. The lowest BCUT2D eigenvalue weighted by molar-refractivity contribution is 0.0695. The number of H-pyrrole nitrogens is 1. The number of aromatic carboxylic acids is 1. The molecule has 0 bridgehead atoms. The van der Waals surface area contributed by atoms with Gasteiger partial charge in [-0.1, -0.05) is 0 Å². The molecule has 0 aliphatic carbocycles. The molecule has 3 rings (SSSR count). The van der Waals surface area contributed by atoms with Crippen molar-refractivity contribution in [3.05, 3.63) is 40.2 Å². The van der Waals surface area contributed by atoms with E-state index >= 15 is 0 Å². The number of nitrogens with one attached hydrogen (secondary N) is 1. The first-order chi connectivity index (χ1) is 10.1. The first-order valence-corrected chi connectivity index (χ1v) is 6.88. The van der Waals surface area contributed by atoms with Gasteiger partial charge in [-0.05, 0) is 25.2 Å². The minimum atomic E-state index is -1.21. The highest BCUT2D eigenvalue weighted by molar-refractivity contribution is 5.93. The van der Waals surface area contributed by atoms with Gasteiger partial charge >= 0.3 is 5.97 Å². The lowest BCUT2D eigenvalue weighted by atomic mass is 10.1. The van der Waals surface area contributed by atoms with E-state index in [4.69, 9.17) is 5.11 Å². The SMILES string of the molecule is CN1CCN(c2ccc3c(=O)c(C(=O)O)c[nH]c3c2)CC1.Cl. The standard InChI is InChI=1S/C15H17N3O3.ClH/c1-17-4-6-18(7-5-17)10-2-3-11-13(8-10)16-9-12(14(11)19)15(20)21;/h2-3,8-9H,4-7H2,1H3,(H,16,19)(H,20,21);1H. The topological polar surface area (TPSA) is 76.6 Å². The van der Waals surface area contributed by atoms with E-state index in [0.29, 0.717) is 10.9 Å². The molecule has 1 aliphatic heterocycles. The van der Waals surface area contributed by atoms with Crippen LogP contribution in [-0.2, 0) is 0 Å². The molecule has 2 heterocycles. The molecule has 1 saturated heterocycles. The summed E-state index contributed by atoms with van der Waals surface area (Å²) < 4.78 is 0. The average molecular weight is 324 g/mol. The minimum Gasteiger partial charge on any atom is -0.477 e. The predicted octanol–water partition coefficient (Wildman–Crippen LogP) is 1.40. The maximum absolute atomic E-state index is 12.1. The normalized spacial score (nSPS) is 15.6. The van der Waals surface area contributed by atoms with Crippen LogP contribution in [-0.4, -0.2) is 54.2 Å². The fourth-order valence-corrected chi connectivity index (χ4v) is 2.63. The van der Waals surface area contributed by atoms with Crippen LogP contribution in [0.25, 0.3) is 10.9 Å². The van der Waals surface area contributed by atoms with E-state index in [1.165, 1.54) is 6.20 Å². The molecule has 0 atom stereocenters. The van der Waals surface area contributed by atoms with Gasteiger partial charge in [0.1, 0.15) is 5.56 Å². The molecular weight excluding hydrogens is 306 g/mol. The number of anilines is 1. The lowest BCUT2D eigenvalue weighted by Crippen LogP contribution is -2.44. The predicted molar refractivity (Wildman–Crippen MR) is 88.5 cm³/mol. The summed E-state index contributed by atoms with van der Waals surface area (Å²) in [5, 5.41) is 9.39. The highest BCUT2D eigenvalue weighted by Gasteiger charge is 2.16. The van der Waals surface area contributed by atoms with Crippen molar-refractivity contribution in [2.75, 3.05) is 38.1 Å². The zero-order chi connectivity index (χ0) is 15.0. The second-order valence-corrected chi connectivity index (χ2v) is 5.36. The lowest BCUT2D eigenvalue weighted by Gasteiger charge is -2.34. The Hall–Kier alpha value is -2.05. The number of carbonyl (C=O) groups is 1. The number of likely N-dealkylation sites (N-methyl/N-ethyl adjacent to an activating group) is 1. The van der Waals surface area contributed by atoms with Gasteiger partial charge < -0.3 is 19.9 Å². The minimum absolute atomic E-state index is 0. The molecule has 1 aromatic carbocycles. The molecule has 1 aromatic heterocycles. The molecule has 0 amide bonds. The third-order valence-corrected chi connectivity index (χ3v) is 3.96. The summed E-state index contributed by atoms with van der Waals surface area (Å²) in [6.45, 7) is 3.90. The number of benzene rings is 1. The van der Waals surface area contributed by atoms with Crippen molar-refractivity contribution in [2.45, 2.75) is 0 Å². The Morgan fingerprint density at radius 1 is 1.23 bits per heavy atom. The number of pyridine rings is 1. The second-order valence-electron chi connectivity index (χ2n) is 5.36. The van der Waals surface area contributed by atoms with Crippen LogP contribution in [0.2, 0.25) is 0 Å². The number of hydrogen-bond donors (Lipinski definition) is 2. The van der Waals surface area contributed by atoms with Crippen molar-refractivity contribution in [1.29, 1.82) is 0 Å². The Bertz CT molecular complexity index is 751. The number of rotatable bonds is 2. The van der Waals surface area contributed by atoms with Gasteiger partial charge in [-0.2, -0.15) is 0 Å². The van der Waals surface area contributed by atoms with Crippen molar-refractivity contribution in [3.63, 3.8) is 0 Å². The molecule has 6 nitrogen and oxygen atoms in total. The third kappa shape index (κ3) is 2.93. The Morgan fingerprint density at radius 3 is 2.55 bits per heavy atom. The number of hydrogen-bond acceptors (Lipinski definition) is 4. The van der Waals surface area contributed by atoms with Crippen LogP contribution in [0.4, 0.5) is 5.69 Å². The Kier molecular flexibility index (Phi) is 4.73. The van der Waals surface area contributed by atoms with E-state index in [-0.39, 0.29) is 18.0 Å². The second kappa shape index (κ2) is 6.37. The van der Waals surface area contributed by atoms with Gasteiger partial charge in [0.05, 0.1) is 5.52 Å². The molecule has 0 spiro atoms. The van der Waals surface area contributed by atoms with Crippen molar-refractivity contribution in [2.24, 2.45) is 0 Å². The summed E-state index contributed by atoms with van der Waals surface area (Å²) in [6, 6.07) is 5.50. The van der Waals surface area contributed by atoms with Gasteiger partial charge in [-0.25, -0.2) is 4.79 Å². The number of halogens is 1. The van der Waals surface area contributed by atoms with Gasteiger partial charge in [0.25, 0.3) is 0 Å². The van der Waals surface area contributed by atoms with Crippen molar-refractivity contribution in [1.82, 2.24) is 9.88 Å². The summed E-state index contributed by atoms with van der Waals surface area (Å²) in [5.41, 5.74) is 1.05. The van der Waals surface area contributed by atoms with Crippen LogP contribution in [0.3, 0.4) is 0 Å². The summed E-state index contributed by atoms with van der Waals surface area (Å²) in [5.74, 6) is -1.21. The maximum Gasteiger partial charge on any atom is 0.341 e. The first-order valence-electron chi connectivity index (χ1n) is 6.88. The van der Waals surface area contributed by atoms with E-state index in [9.17, 15) is 9.59 Å². The van der Waals surface area contributed by atoms with Gasteiger partial charge in [0.15, 0.2) is 0 Å². The average Bonchev–Trinajstić information content (AvgIpc) is 2.47. The number of fused-ring (bicyclic) bond motifs is 1. The van der Waals surface area contributed by atoms with Crippen LogP contribution in [0, 0.1) is 0 Å². The number of carboxylic acid groups (broad SMARTS) is 1. The largest absolute Gasteiger partial charge is 0.477 e. The summed E-state index contributed by atoms with van der Waals surface area (Å²) in [7, 11) is 2.10. The number of carboxylic acids is 1. The van der Waals surface area contributed by atoms with Crippen molar-refractivity contribution in [3.8, 4) is 0 Å². The molecule has 2 N–H and O–H groups in total. The Morgan fingerprint density at radius 2 is 1.91 bits per heavy atom. The molecule has 0 unspecified atom stereocenters. The molecule has 22 heavy (non-hydrogen) atoms. The zero-order valence-electron chi connectivity index (χ0n) is 12.2. The molecule has 1 aliphatic rings. The first kappa shape index (κ1) is 16.3. The molecule has 118 valence electrons. The van der Waals surface area contributed by atoms with E-state index in [1.54, 1.807) is 6.07 Å². The van der Waals surface area contributed by atoms with Crippen LogP contribution in [0.15, 0.2) is 29.2 Å². The third-order valence-electron chi connectivity index (χ3n) is 3.96. The molecule has 2 aromatic rings. The van der Waals surface area contributed by atoms with Gasteiger partial charge in [0, 0.05) is 43.4 Å². The molecule has 7 heteroatoms. The molecular formula is C15H18ClN3O3. The van der Waals surface area contributed by atoms with Crippen LogP contribution < -0.4 is 10.3 Å². The van der Waals surface area contributed by atoms with E-state index < -0.39 is 11.4 Å². The molecule has 1 fully saturated rings. The maximum atomic E-state index is 12.1. The monoisotopic (exact) mass is 323 g/mol. The van der Waals surface area contributed by atoms with Crippen molar-refractivity contribution >= 4 is 35.0 Å². The number of piperazine rings is 1. The summed E-state index contributed by atoms with van der Waals surface area (Å²) >= 11 is 0. The summed E-state index contributed by atoms with van der Waals surface area (Å²) in [6.07, 6.45) is 1.26. The highest BCUT2D eigenvalue weighted by atomic mass is 35.5. The van der Waals surface area contributed by atoms with E-state index in [2.05, 4.69) is 21.8 Å². The number of aromatic nitrogens is 1. The Balaban J connectivity index is 0.00000176. The fourth-order valence-electron chi connectivity index (χ4n) is 2.63. The Labute approximate surface area is 133 Å². The van der Waals surface area contributed by atoms with E-state index in [1.807, 2.05) is 12.1 Å². The number of aromatic amines is 1. The van der Waals surface area contributed by atoms with Gasteiger partial charge in [-0.3, -0.25) is 4.79 Å². The number of nitrogens with zero attached hydrogens (tertiary/aromatic N) is 2. The quantitative estimate of drug-likeness (QED) is 0.873. The fraction of sp³-hybridized carbons (Fsp3) is 0.333.